The third-order valence-electron chi connectivity index (χ3n) is 5.16. The molecule has 0 saturated carbocycles. The molecule has 8 heteroatoms. The maximum absolute atomic E-state index is 14.3. The van der Waals surface area contributed by atoms with E-state index in [0.717, 1.165) is 12.1 Å². The zero-order valence-corrected chi connectivity index (χ0v) is 17.2. The highest BCUT2D eigenvalue weighted by atomic mass is 19.1. The third-order valence-corrected chi connectivity index (χ3v) is 5.16. The average Bonchev–Trinajstić information content (AvgIpc) is 3.18. The van der Waals surface area contributed by atoms with Crippen molar-refractivity contribution in [1.29, 1.82) is 0 Å². The quantitative estimate of drug-likeness (QED) is 0.391. The van der Waals surface area contributed by atoms with E-state index in [1.807, 2.05) is 0 Å². The molecule has 2 N–H and O–H groups in total. The van der Waals surface area contributed by atoms with Crippen LogP contribution < -0.4 is 10.1 Å². The number of nitrogens with one attached hydrogen (secondary N) is 2. The second-order valence-corrected chi connectivity index (χ2v) is 7.11. The Morgan fingerprint density at radius 1 is 1.09 bits per heavy atom. The molecule has 0 radical (unpaired) electrons. The summed E-state index contributed by atoms with van der Waals surface area (Å²) in [6, 6.07) is 6.20. The van der Waals surface area contributed by atoms with E-state index in [4.69, 9.17) is 4.74 Å². The number of anilines is 1. The number of ether oxygens (including phenoxy) is 1. The summed E-state index contributed by atoms with van der Waals surface area (Å²) in [4.78, 5) is 19.1. The maximum atomic E-state index is 14.3. The van der Waals surface area contributed by atoms with E-state index in [-0.39, 0.29) is 11.3 Å². The standard InChI is InChI=1S/C24H18F3N3O2/c1-4-22(31)30-21-9-15(26)6-16(12(21)2)13-5-18-19(11-29-24(18)28-10-13)17-7-14(25)8-20(27)23(17)32-3/h4-11H,1H2,2-3H3,(H,28,29)(H,30,31). The van der Waals surface area contributed by atoms with Crippen LogP contribution >= 0.6 is 0 Å². The van der Waals surface area contributed by atoms with Gasteiger partial charge >= 0.3 is 0 Å². The normalized spacial score (nSPS) is 10.9. The fraction of sp³-hybridized carbons (Fsp3) is 0.0833. The number of H-pyrrole nitrogens is 1. The van der Waals surface area contributed by atoms with Crippen molar-refractivity contribution in [2.75, 3.05) is 12.4 Å². The fourth-order valence-electron chi connectivity index (χ4n) is 3.63. The molecule has 0 aliphatic carbocycles. The van der Waals surface area contributed by atoms with Crippen molar-refractivity contribution in [3.63, 3.8) is 0 Å². The Morgan fingerprint density at radius 2 is 1.81 bits per heavy atom. The lowest BCUT2D eigenvalue weighted by atomic mass is 9.97. The first-order valence-corrected chi connectivity index (χ1v) is 9.56. The molecule has 0 aliphatic heterocycles. The molecule has 4 rings (SSSR count). The summed E-state index contributed by atoms with van der Waals surface area (Å²) in [6.07, 6.45) is 4.22. The summed E-state index contributed by atoms with van der Waals surface area (Å²) < 4.78 is 47.7. The minimum absolute atomic E-state index is 0.103. The van der Waals surface area contributed by atoms with E-state index in [1.165, 1.54) is 25.3 Å². The predicted octanol–water partition coefficient (Wildman–Crippen LogP) is 5.76. The van der Waals surface area contributed by atoms with Crippen LogP contribution in [0.15, 0.2) is 55.4 Å². The van der Waals surface area contributed by atoms with Crippen molar-refractivity contribution < 1.29 is 22.7 Å². The van der Waals surface area contributed by atoms with Gasteiger partial charge in [-0.25, -0.2) is 18.2 Å². The molecule has 2 aromatic carbocycles. The Labute approximate surface area is 181 Å². The van der Waals surface area contributed by atoms with Crippen LogP contribution in [0.3, 0.4) is 0 Å². The Bertz CT molecular complexity index is 1380. The van der Waals surface area contributed by atoms with Crippen molar-refractivity contribution in [2.24, 2.45) is 0 Å². The van der Waals surface area contributed by atoms with E-state index in [2.05, 4.69) is 21.9 Å². The van der Waals surface area contributed by atoms with Crippen molar-refractivity contribution in [2.45, 2.75) is 6.92 Å². The molecule has 4 aromatic rings. The van der Waals surface area contributed by atoms with E-state index >= 15 is 0 Å². The lowest BCUT2D eigenvalue weighted by molar-refractivity contribution is -0.111. The number of amides is 1. The van der Waals surface area contributed by atoms with Gasteiger partial charge in [0.05, 0.1) is 7.11 Å². The second kappa shape index (κ2) is 8.22. The summed E-state index contributed by atoms with van der Waals surface area (Å²) in [5.74, 6) is -2.70. The molecule has 0 fully saturated rings. The third kappa shape index (κ3) is 3.71. The first-order chi connectivity index (χ1) is 15.3. The highest BCUT2D eigenvalue weighted by molar-refractivity contribution is 6.01. The highest BCUT2D eigenvalue weighted by Crippen LogP contribution is 2.39. The topological polar surface area (TPSA) is 67.0 Å². The van der Waals surface area contributed by atoms with Gasteiger partial charge in [0.15, 0.2) is 11.6 Å². The lowest BCUT2D eigenvalue weighted by Crippen LogP contribution is -2.09. The molecule has 0 aliphatic rings. The summed E-state index contributed by atoms with van der Waals surface area (Å²) in [7, 11) is 1.30. The zero-order chi connectivity index (χ0) is 23.0. The van der Waals surface area contributed by atoms with Gasteiger partial charge < -0.3 is 15.0 Å². The van der Waals surface area contributed by atoms with Crippen molar-refractivity contribution in [3.8, 4) is 28.0 Å². The molecule has 2 aromatic heterocycles. The minimum Gasteiger partial charge on any atom is -0.493 e. The first-order valence-electron chi connectivity index (χ1n) is 9.56. The van der Waals surface area contributed by atoms with Gasteiger partial charge in [0.1, 0.15) is 17.3 Å². The number of benzene rings is 2. The summed E-state index contributed by atoms with van der Waals surface area (Å²) >= 11 is 0. The van der Waals surface area contributed by atoms with Gasteiger partial charge in [-0.3, -0.25) is 4.79 Å². The second-order valence-electron chi connectivity index (χ2n) is 7.11. The van der Waals surface area contributed by atoms with E-state index in [1.54, 1.807) is 25.4 Å². The molecule has 2 heterocycles. The summed E-state index contributed by atoms with van der Waals surface area (Å²) in [5.41, 5.74) is 3.14. The molecule has 5 nitrogen and oxygen atoms in total. The molecular formula is C24H18F3N3O2. The number of nitrogens with zero attached hydrogens (tertiary/aromatic N) is 1. The van der Waals surface area contributed by atoms with Gasteiger partial charge in [-0.2, -0.15) is 0 Å². The van der Waals surface area contributed by atoms with Crippen LogP contribution in [0.1, 0.15) is 5.56 Å². The first kappa shape index (κ1) is 21.2. The number of methoxy groups -OCH3 is 1. The summed E-state index contributed by atoms with van der Waals surface area (Å²) in [6.45, 7) is 5.14. The zero-order valence-electron chi connectivity index (χ0n) is 17.2. The number of hydrogen-bond donors (Lipinski definition) is 2. The van der Waals surface area contributed by atoms with E-state index in [0.29, 0.717) is 39.0 Å². The molecule has 0 saturated heterocycles. The smallest absolute Gasteiger partial charge is 0.247 e. The largest absolute Gasteiger partial charge is 0.493 e. The van der Waals surface area contributed by atoms with Crippen LogP contribution in [-0.2, 0) is 4.79 Å². The monoisotopic (exact) mass is 437 g/mol. The van der Waals surface area contributed by atoms with Crippen LogP contribution in [0, 0.1) is 24.4 Å². The SMILES string of the molecule is C=CC(=O)Nc1cc(F)cc(-c2cnc3[nH]cc(-c4cc(F)cc(F)c4OC)c3c2)c1C. The number of aromatic amines is 1. The Balaban J connectivity index is 1.90. The molecular weight excluding hydrogens is 419 g/mol. The number of fused-ring (bicyclic) bond motifs is 1. The Kier molecular flexibility index (Phi) is 5.44. The molecule has 0 atom stereocenters. The Hall–Kier alpha value is -4.07. The molecule has 0 bridgehead atoms. The maximum Gasteiger partial charge on any atom is 0.247 e. The number of carbonyl (C=O) groups is 1. The van der Waals surface area contributed by atoms with Gasteiger partial charge in [0.25, 0.3) is 0 Å². The fourth-order valence-corrected chi connectivity index (χ4v) is 3.63. The van der Waals surface area contributed by atoms with Crippen molar-refractivity contribution >= 4 is 22.6 Å². The van der Waals surface area contributed by atoms with Gasteiger partial charge in [0, 0.05) is 46.2 Å². The van der Waals surface area contributed by atoms with Crippen LogP contribution in [-0.4, -0.2) is 23.0 Å². The number of hydrogen-bond acceptors (Lipinski definition) is 3. The van der Waals surface area contributed by atoms with Gasteiger partial charge in [-0.15, -0.1) is 0 Å². The minimum atomic E-state index is -0.829. The number of aromatic nitrogens is 2. The van der Waals surface area contributed by atoms with Crippen LogP contribution in [0.2, 0.25) is 0 Å². The van der Waals surface area contributed by atoms with Crippen LogP contribution in [0.4, 0.5) is 18.9 Å². The Morgan fingerprint density at radius 3 is 2.53 bits per heavy atom. The molecule has 0 spiro atoms. The predicted molar refractivity (Wildman–Crippen MR) is 117 cm³/mol. The van der Waals surface area contributed by atoms with E-state index in [9.17, 15) is 18.0 Å². The lowest BCUT2D eigenvalue weighted by Gasteiger charge is -2.13. The number of rotatable bonds is 5. The van der Waals surface area contributed by atoms with Crippen LogP contribution in [0.5, 0.6) is 5.75 Å². The van der Waals surface area contributed by atoms with Gasteiger partial charge in [-0.05, 0) is 48.4 Å². The van der Waals surface area contributed by atoms with Crippen LogP contribution in [0.25, 0.3) is 33.3 Å². The van der Waals surface area contributed by atoms with Gasteiger partial charge in [0.2, 0.25) is 5.91 Å². The van der Waals surface area contributed by atoms with E-state index < -0.39 is 23.4 Å². The molecule has 32 heavy (non-hydrogen) atoms. The summed E-state index contributed by atoms with van der Waals surface area (Å²) in [5, 5.41) is 3.15. The van der Waals surface area contributed by atoms with Crippen molar-refractivity contribution in [3.05, 3.63) is 78.4 Å². The van der Waals surface area contributed by atoms with Gasteiger partial charge in [-0.1, -0.05) is 6.58 Å². The number of pyridine rings is 1. The highest BCUT2D eigenvalue weighted by Gasteiger charge is 2.19. The van der Waals surface area contributed by atoms with Crippen molar-refractivity contribution in [1.82, 2.24) is 9.97 Å². The number of halogens is 3. The average molecular weight is 437 g/mol. The number of carbonyl (C=O) groups excluding carboxylic acids is 1. The molecule has 162 valence electrons. The molecule has 1 amide bonds. The molecule has 0 unspecified atom stereocenters.